The summed E-state index contributed by atoms with van der Waals surface area (Å²) < 4.78 is 10.5. The van der Waals surface area contributed by atoms with Gasteiger partial charge >= 0.3 is 0 Å². The third-order valence-electron chi connectivity index (χ3n) is 3.65. The Morgan fingerprint density at radius 2 is 1.81 bits per heavy atom. The first-order valence-corrected chi connectivity index (χ1v) is 8.88. The van der Waals surface area contributed by atoms with Crippen LogP contribution in [0.5, 0.6) is 5.75 Å². The molecular weight excluding hydrogens is 350 g/mol. The number of aromatic nitrogens is 5. The minimum atomic E-state index is 0.500. The van der Waals surface area contributed by atoms with Gasteiger partial charge in [-0.15, -0.1) is 5.10 Å². The Bertz CT molecular complexity index is 982. The number of hydrogen-bond acceptors (Lipinski definition) is 7. The summed E-state index contributed by atoms with van der Waals surface area (Å²) in [6, 6.07) is 17.3. The van der Waals surface area contributed by atoms with Crippen molar-refractivity contribution in [2.24, 2.45) is 0 Å². The van der Waals surface area contributed by atoms with Gasteiger partial charge in [0, 0.05) is 11.1 Å². The van der Waals surface area contributed by atoms with Crippen LogP contribution in [0.1, 0.15) is 5.89 Å². The lowest BCUT2D eigenvalue weighted by atomic mass is 10.2. The first kappa shape index (κ1) is 16.3. The van der Waals surface area contributed by atoms with E-state index in [0.29, 0.717) is 28.4 Å². The zero-order valence-corrected chi connectivity index (χ0v) is 14.7. The van der Waals surface area contributed by atoms with Gasteiger partial charge in [0.1, 0.15) is 5.75 Å². The molecule has 7 nitrogen and oxygen atoms in total. The number of rotatable bonds is 6. The van der Waals surface area contributed by atoms with E-state index in [2.05, 4.69) is 25.3 Å². The fraction of sp³-hybridized carbons (Fsp3) is 0.111. The van der Waals surface area contributed by atoms with Crippen molar-refractivity contribution in [1.29, 1.82) is 0 Å². The van der Waals surface area contributed by atoms with E-state index in [1.54, 1.807) is 7.11 Å². The highest BCUT2D eigenvalue weighted by molar-refractivity contribution is 7.98. The van der Waals surface area contributed by atoms with E-state index in [0.717, 1.165) is 16.9 Å². The smallest absolute Gasteiger partial charge is 0.237 e. The highest BCUT2D eigenvalue weighted by Crippen LogP contribution is 2.24. The minimum Gasteiger partial charge on any atom is -0.497 e. The minimum absolute atomic E-state index is 0.500. The van der Waals surface area contributed by atoms with Gasteiger partial charge < -0.3 is 9.26 Å². The summed E-state index contributed by atoms with van der Waals surface area (Å²) in [6.07, 6.45) is 0. The van der Waals surface area contributed by atoms with Crippen molar-refractivity contribution in [2.45, 2.75) is 10.9 Å². The molecule has 130 valence electrons. The summed E-state index contributed by atoms with van der Waals surface area (Å²) in [6.45, 7) is 0. The summed E-state index contributed by atoms with van der Waals surface area (Å²) in [5.74, 6) is 3.11. The second-order valence-corrected chi connectivity index (χ2v) is 6.30. The summed E-state index contributed by atoms with van der Waals surface area (Å²) >= 11 is 1.43. The summed E-state index contributed by atoms with van der Waals surface area (Å²) in [7, 11) is 1.64. The molecule has 0 aliphatic rings. The zero-order valence-electron chi connectivity index (χ0n) is 13.9. The molecule has 0 atom stereocenters. The van der Waals surface area contributed by atoms with E-state index in [-0.39, 0.29) is 0 Å². The number of ether oxygens (including phenoxy) is 1. The average Bonchev–Trinajstić information content (AvgIpc) is 3.37. The molecule has 0 unspecified atom stereocenters. The van der Waals surface area contributed by atoms with Gasteiger partial charge in [-0.05, 0) is 24.3 Å². The lowest BCUT2D eigenvalue weighted by molar-refractivity contribution is 0.391. The summed E-state index contributed by atoms with van der Waals surface area (Å²) in [5, 5.41) is 11.8. The van der Waals surface area contributed by atoms with Crippen molar-refractivity contribution in [3.8, 4) is 28.5 Å². The molecule has 1 N–H and O–H groups in total. The monoisotopic (exact) mass is 365 g/mol. The zero-order chi connectivity index (χ0) is 17.8. The highest BCUT2D eigenvalue weighted by Gasteiger charge is 2.11. The van der Waals surface area contributed by atoms with Crippen LogP contribution in [0.2, 0.25) is 0 Å². The van der Waals surface area contributed by atoms with Crippen molar-refractivity contribution in [2.75, 3.05) is 7.11 Å². The van der Waals surface area contributed by atoms with Crippen LogP contribution in [0.4, 0.5) is 0 Å². The van der Waals surface area contributed by atoms with E-state index in [9.17, 15) is 0 Å². The fourth-order valence-corrected chi connectivity index (χ4v) is 2.97. The predicted octanol–water partition coefficient (Wildman–Crippen LogP) is 3.82. The number of nitrogens with one attached hydrogen (secondary N) is 1. The maximum atomic E-state index is 5.30. The Labute approximate surface area is 153 Å². The number of thioether (sulfide) groups is 1. The molecule has 0 amide bonds. The van der Waals surface area contributed by atoms with Gasteiger partial charge in [0.15, 0.2) is 5.82 Å². The molecule has 2 aromatic carbocycles. The Morgan fingerprint density at radius 3 is 2.58 bits per heavy atom. The molecule has 0 saturated heterocycles. The van der Waals surface area contributed by atoms with E-state index in [1.807, 2.05) is 54.6 Å². The van der Waals surface area contributed by atoms with Crippen LogP contribution in [-0.2, 0) is 5.75 Å². The van der Waals surface area contributed by atoms with Crippen molar-refractivity contribution in [1.82, 2.24) is 25.3 Å². The number of hydrogen-bond donors (Lipinski definition) is 1. The van der Waals surface area contributed by atoms with Crippen LogP contribution in [-0.4, -0.2) is 32.4 Å². The van der Waals surface area contributed by atoms with Crippen molar-refractivity contribution in [3.63, 3.8) is 0 Å². The molecule has 4 aromatic rings. The van der Waals surface area contributed by atoms with E-state index >= 15 is 0 Å². The largest absolute Gasteiger partial charge is 0.497 e. The number of methoxy groups -OCH3 is 1. The van der Waals surface area contributed by atoms with Crippen molar-refractivity contribution < 1.29 is 9.26 Å². The summed E-state index contributed by atoms with van der Waals surface area (Å²) in [5.41, 5.74) is 1.86. The van der Waals surface area contributed by atoms with Crippen LogP contribution in [0, 0.1) is 0 Å². The second-order valence-electron chi connectivity index (χ2n) is 5.36. The normalized spacial score (nSPS) is 10.8. The molecule has 0 aliphatic carbocycles. The Morgan fingerprint density at radius 1 is 1.00 bits per heavy atom. The quantitative estimate of drug-likeness (QED) is 0.519. The second kappa shape index (κ2) is 7.40. The van der Waals surface area contributed by atoms with Crippen molar-refractivity contribution in [3.05, 3.63) is 60.5 Å². The first-order chi connectivity index (χ1) is 12.8. The Balaban J connectivity index is 1.41. The standard InChI is InChI=1S/C18H15N5O2S/c1-24-14-9-7-13(8-10-14)16-20-18(22-21-16)26-11-15-19-17(23-25-15)12-5-3-2-4-6-12/h2-10H,11H2,1H3,(H,20,21,22). The molecule has 0 bridgehead atoms. The third-order valence-corrected chi connectivity index (χ3v) is 4.49. The Kier molecular flexibility index (Phi) is 4.65. The number of aromatic amines is 1. The average molecular weight is 365 g/mol. The molecule has 0 spiro atoms. The molecule has 0 radical (unpaired) electrons. The lowest BCUT2D eigenvalue weighted by Crippen LogP contribution is -1.84. The van der Waals surface area contributed by atoms with E-state index < -0.39 is 0 Å². The summed E-state index contributed by atoms with van der Waals surface area (Å²) in [4.78, 5) is 8.88. The maximum Gasteiger partial charge on any atom is 0.237 e. The molecule has 2 heterocycles. The van der Waals surface area contributed by atoms with E-state index in [1.165, 1.54) is 11.8 Å². The van der Waals surface area contributed by atoms with Crippen LogP contribution in [0.25, 0.3) is 22.8 Å². The predicted molar refractivity (Wildman–Crippen MR) is 97.7 cm³/mol. The van der Waals surface area contributed by atoms with Gasteiger partial charge in [0.25, 0.3) is 0 Å². The van der Waals surface area contributed by atoms with Crippen LogP contribution < -0.4 is 4.74 Å². The highest BCUT2D eigenvalue weighted by atomic mass is 32.2. The molecular formula is C18H15N5O2S. The molecule has 0 saturated carbocycles. The van der Waals surface area contributed by atoms with Gasteiger partial charge in [-0.2, -0.15) is 4.98 Å². The van der Waals surface area contributed by atoms with Crippen LogP contribution in [0.15, 0.2) is 64.3 Å². The molecule has 0 fully saturated rings. The maximum absolute atomic E-state index is 5.30. The molecule has 8 heteroatoms. The molecule has 2 aromatic heterocycles. The van der Waals surface area contributed by atoms with Crippen LogP contribution in [0.3, 0.4) is 0 Å². The molecule has 4 rings (SSSR count). The van der Waals surface area contributed by atoms with Crippen LogP contribution >= 0.6 is 11.8 Å². The Hall–Kier alpha value is -3.13. The lowest BCUT2D eigenvalue weighted by Gasteiger charge is -1.99. The van der Waals surface area contributed by atoms with Gasteiger partial charge in [-0.25, -0.2) is 4.98 Å². The van der Waals surface area contributed by atoms with Gasteiger partial charge in [-0.1, -0.05) is 47.3 Å². The van der Waals surface area contributed by atoms with Gasteiger partial charge in [0.05, 0.1) is 12.9 Å². The topological polar surface area (TPSA) is 89.7 Å². The third kappa shape index (κ3) is 3.60. The SMILES string of the molecule is COc1ccc(-c2nc(SCc3nc(-c4ccccc4)no3)n[nH]2)cc1. The molecule has 26 heavy (non-hydrogen) atoms. The van der Waals surface area contributed by atoms with E-state index in [4.69, 9.17) is 9.26 Å². The van der Waals surface area contributed by atoms with Gasteiger partial charge in [0.2, 0.25) is 16.9 Å². The number of benzene rings is 2. The van der Waals surface area contributed by atoms with Gasteiger partial charge in [-0.3, -0.25) is 5.10 Å². The first-order valence-electron chi connectivity index (χ1n) is 7.89. The fourth-order valence-electron chi connectivity index (χ4n) is 2.33. The van der Waals surface area contributed by atoms with Crippen molar-refractivity contribution >= 4 is 11.8 Å². The number of H-pyrrole nitrogens is 1. The molecule has 0 aliphatic heterocycles. The number of nitrogens with zero attached hydrogens (tertiary/aromatic N) is 4.